The molecule has 2 aromatic heterocycles. The third-order valence-corrected chi connectivity index (χ3v) is 4.88. The average molecular weight is 378 g/mol. The summed E-state index contributed by atoms with van der Waals surface area (Å²) in [4.78, 5) is 4.82. The van der Waals surface area contributed by atoms with Crippen molar-refractivity contribution in [1.82, 2.24) is 20.4 Å². The summed E-state index contributed by atoms with van der Waals surface area (Å²) in [7, 11) is 2.02. The van der Waals surface area contributed by atoms with Crippen molar-refractivity contribution in [3.8, 4) is 0 Å². The molecule has 0 aliphatic carbocycles. The van der Waals surface area contributed by atoms with Crippen molar-refractivity contribution in [2.24, 2.45) is 12.0 Å². The van der Waals surface area contributed by atoms with Crippen LogP contribution in [0.5, 0.6) is 0 Å². The number of hydrogen-bond acceptors (Lipinski definition) is 4. The van der Waals surface area contributed by atoms with Crippen molar-refractivity contribution in [3.63, 3.8) is 0 Å². The highest BCUT2D eigenvalue weighted by atomic mass is 32.2. The molecule has 0 saturated heterocycles. The fourth-order valence-corrected chi connectivity index (χ4v) is 3.24. The Morgan fingerprint density at radius 2 is 2.08 bits per heavy atom. The monoisotopic (exact) mass is 377 g/mol. The van der Waals surface area contributed by atoms with Crippen molar-refractivity contribution in [2.75, 3.05) is 25.1 Å². The number of rotatable bonds is 10. The van der Waals surface area contributed by atoms with Crippen LogP contribution in [0.25, 0.3) is 0 Å². The molecule has 0 aliphatic rings. The second-order valence-electron chi connectivity index (χ2n) is 6.04. The first-order valence-electron chi connectivity index (χ1n) is 9.26. The molecule has 6 nitrogen and oxygen atoms in total. The SMILES string of the molecule is CCc1nn(C)c(CC)c1CN=C(NCCSC)NCCc1ccco1. The van der Waals surface area contributed by atoms with Crippen molar-refractivity contribution in [2.45, 2.75) is 39.7 Å². The molecule has 0 amide bonds. The van der Waals surface area contributed by atoms with E-state index in [1.165, 1.54) is 11.3 Å². The van der Waals surface area contributed by atoms with Gasteiger partial charge < -0.3 is 15.1 Å². The quantitative estimate of drug-likeness (QED) is 0.379. The van der Waals surface area contributed by atoms with Gasteiger partial charge >= 0.3 is 0 Å². The van der Waals surface area contributed by atoms with Gasteiger partial charge in [0.05, 0.1) is 18.5 Å². The lowest BCUT2D eigenvalue weighted by Crippen LogP contribution is -2.39. The van der Waals surface area contributed by atoms with Gasteiger partial charge in [-0.25, -0.2) is 4.99 Å². The van der Waals surface area contributed by atoms with E-state index in [1.807, 2.05) is 35.6 Å². The molecule has 2 aromatic rings. The van der Waals surface area contributed by atoms with Gasteiger partial charge in [-0.1, -0.05) is 13.8 Å². The lowest BCUT2D eigenvalue weighted by atomic mass is 10.1. The number of furan rings is 1. The average Bonchev–Trinajstić information content (AvgIpc) is 3.26. The summed E-state index contributed by atoms with van der Waals surface area (Å²) in [5.74, 6) is 2.87. The second-order valence-corrected chi connectivity index (χ2v) is 7.03. The van der Waals surface area contributed by atoms with Crippen LogP contribution in [0.15, 0.2) is 27.8 Å². The van der Waals surface area contributed by atoms with E-state index in [1.54, 1.807) is 6.26 Å². The molecule has 0 saturated carbocycles. The van der Waals surface area contributed by atoms with Crippen LogP contribution in [-0.2, 0) is 32.9 Å². The van der Waals surface area contributed by atoms with Gasteiger partial charge in [-0.15, -0.1) is 0 Å². The Morgan fingerprint density at radius 1 is 1.27 bits per heavy atom. The summed E-state index contributed by atoms with van der Waals surface area (Å²) in [6.07, 6.45) is 6.56. The van der Waals surface area contributed by atoms with Gasteiger partial charge in [0.15, 0.2) is 5.96 Å². The molecule has 0 radical (unpaired) electrons. The Labute approximate surface area is 160 Å². The smallest absolute Gasteiger partial charge is 0.191 e. The van der Waals surface area contributed by atoms with Crippen LogP contribution in [0.1, 0.15) is 36.6 Å². The van der Waals surface area contributed by atoms with Crippen molar-refractivity contribution < 1.29 is 4.42 Å². The lowest BCUT2D eigenvalue weighted by Gasteiger charge is -2.12. The highest BCUT2D eigenvalue weighted by molar-refractivity contribution is 7.98. The first-order chi connectivity index (χ1) is 12.7. The Hall–Kier alpha value is -1.89. The molecule has 26 heavy (non-hydrogen) atoms. The van der Waals surface area contributed by atoms with E-state index in [9.17, 15) is 0 Å². The second kappa shape index (κ2) is 11.0. The van der Waals surface area contributed by atoms with Gasteiger partial charge in [-0.05, 0) is 31.2 Å². The Bertz CT molecular complexity index is 678. The van der Waals surface area contributed by atoms with Crippen LogP contribution in [0.2, 0.25) is 0 Å². The number of aryl methyl sites for hydroxylation is 2. The van der Waals surface area contributed by atoms with E-state index in [4.69, 9.17) is 9.41 Å². The predicted octanol–water partition coefficient (Wildman–Crippen LogP) is 2.78. The molecule has 144 valence electrons. The number of hydrogen-bond donors (Lipinski definition) is 2. The predicted molar refractivity (Wildman–Crippen MR) is 110 cm³/mol. The fraction of sp³-hybridized carbons (Fsp3) is 0.579. The molecule has 0 aromatic carbocycles. The molecule has 2 N–H and O–H groups in total. The Morgan fingerprint density at radius 3 is 2.73 bits per heavy atom. The molecule has 0 atom stereocenters. The summed E-state index contributed by atoms with van der Waals surface area (Å²) >= 11 is 1.82. The Kier molecular flexibility index (Phi) is 8.61. The maximum atomic E-state index is 5.39. The molecule has 2 rings (SSSR count). The molecule has 0 aliphatic heterocycles. The highest BCUT2D eigenvalue weighted by Gasteiger charge is 2.13. The van der Waals surface area contributed by atoms with Crippen molar-refractivity contribution in [3.05, 3.63) is 41.1 Å². The maximum Gasteiger partial charge on any atom is 0.191 e. The first-order valence-corrected chi connectivity index (χ1v) is 10.7. The van der Waals surface area contributed by atoms with Crippen LogP contribution < -0.4 is 10.6 Å². The summed E-state index contributed by atoms with van der Waals surface area (Å²) in [5, 5.41) is 11.5. The van der Waals surface area contributed by atoms with E-state index in [2.05, 4.69) is 35.8 Å². The highest BCUT2D eigenvalue weighted by Crippen LogP contribution is 2.16. The van der Waals surface area contributed by atoms with Gasteiger partial charge in [0.2, 0.25) is 0 Å². The summed E-state index contributed by atoms with van der Waals surface area (Å²) < 4.78 is 7.39. The molecular weight excluding hydrogens is 346 g/mol. The van der Waals surface area contributed by atoms with Gasteiger partial charge in [-0.2, -0.15) is 16.9 Å². The minimum absolute atomic E-state index is 0.648. The summed E-state index contributed by atoms with van der Waals surface area (Å²) in [6.45, 7) is 6.64. The van der Waals surface area contributed by atoms with Gasteiger partial charge in [-0.3, -0.25) is 4.68 Å². The van der Waals surface area contributed by atoms with Crippen LogP contribution >= 0.6 is 11.8 Å². The third-order valence-electron chi connectivity index (χ3n) is 4.27. The largest absolute Gasteiger partial charge is 0.469 e. The van der Waals surface area contributed by atoms with Crippen molar-refractivity contribution in [1.29, 1.82) is 0 Å². The zero-order valence-electron chi connectivity index (χ0n) is 16.3. The molecule has 0 spiro atoms. The molecule has 0 fully saturated rings. The molecule has 0 bridgehead atoms. The van der Waals surface area contributed by atoms with Crippen LogP contribution in [0.3, 0.4) is 0 Å². The zero-order valence-corrected chi connectivity index (χ0v) is 17.2. The minimum atomic E-state index is 0.648. The number of guanidine groups is 1. The zero-order chi connectivity index (χ0) is 18.8. The van der Waals surface area contributed by atoms with Crippen LogP contribution in [-0.4, -0.2) is 40.8 Å². The Balaban J connectivity index is 2.03. The fourth-order valence-electron chi connectivity index (χ4n) is 2.94. The lowest BCUT2D eigenvalue weighted by molar-refractivity contribution is 0.507. The minimum Gasteiger partial charge on any atom is -0.469 e. The third kappa shape index (κ3) is 5.83. The standard InChI is InChI=1S/C19H31N5OS/c1-5-17-16(18(6-2)24(3)23-17)14-22-19(21-11-13-26-4)20-10-9-15-8-7-12-25-15/h7-8,12H,5-6,9-11,13-14H2,1-4H3,(H2,20,21,22). The maximum absolute atomic E-state index is 5.39. The van der Waals surface area contributed by atoms with Crippen LogP contribution in [0, 0.1) is 0 Å². The van der Waals surface area contributed by atoms with Gasteiger partial charge in [0, 0.05) is 43.6 Å². The van der Waals surface area contributed by atoms with E-state index in [0.29, 0.717) is 6.54 Å². The normalized spacial score (nSPS) is 11.8. The number of thioether (sulfide) groups is 1. The summed E-state index contributed by atoms with van der Waals surface area (Å²) in [6, 6.07) is 3.92. The molecule has 2 heterocycles. The van der Waals surface area contributed by atoms with E-state index >= 15 is 0 Å². The van der Waals surface area contributed by atoms with Crippen molar-refractivity contribution >= 4 is 17.7 Å². The number of nitrogens with zero attached hydrogens (tertiary/aromatic N) is 3. The topological polar surface area (TPSA) is 67.4 Å². The molecule has 7 heteroatoms. The van der Waals surface area contributed by atoms with Crippen LogP contribution in [0.4, 0.5) is 0 Å². The van der Waals surface area contributed by atoms with Gasteiger partial charge in [0.1, 0.15) is 5.76 Å². The van der Waals surface area contributed by atoms with E-state index in [-0.39, 0.29) is 0 Å². The number of aromatic nitrogens is 2. The number of aliphatic imine (C=N–C) groups is 1. The number of nitrogens with one attached hydrogen (secondary N) is 2. The molecular formula is C19H31N5OS. The summed E-state index contributed by atoms with van der Waals surface area (Å²) in [5.41, 5.74) is 3.67. The van der Waals surface area contributed by atoms with E-state index < -0.39 is 0 Å². The molecule has 0 unspecified atom stereocenters. The van der Waals surface area contributed by atoms with Gasteiger partial charge in [0.25, 0.3) is 0 Å². The van der Waals surface area contributed by atoms with E-state index in [0.717, 1.165) is 55.5 Å². The first kappa shape index (κ1) is 20.4.